The lowest BCUT2D eigenvalue weighted by Gasteiger charge is -2.31. The predicted octanol–water partition coefficient (Wildman–Crippen LogP) is 6.26. The summed E-state index contributed by atoms with van der Waals surface area (Å²) in [6.45, 7) is 4.68. The van der Waals surface area contributed by atoms with Crippen molar-refractivity contribution in [3.05, 3.63) is 118 Å². The highest BCUT2D eigenvalue weighted by atomic mass is 16.5. The van der Waals surface area contributed by atoms with Gasteiger partial charge in [0.05, 0.1) is 50.6 Å². The van der Waals surface area contributed by atoms with E-state index in [0.717, 1.165) is 5.56 Å². The van der Waals surface area contributed by atoms with Gasteiger partial charge in [0.1, 0.15) is 17.3 Å². The van der Waals surface area contributed by atoms with E-state index in [1.54, 1.807) is 61.1 Å². The maximum absolute atomic E-state index is 14.3. The van der Waals surface area contributed by atoms with E-state index in [0.29, 0.717) is 70.5 Å². The van der Waals surface area contributed by atoms with Crippen LogP contribution in [0, 0.1) is 0 Å². The Kier molecular flexibility index (Phi) is 9.67. The normalized spacial score (nSPS) is 11.6. The fourth-order valence-electron chi connectivity index (χ4n) is 5.36. The molecular weight excluding hydrogens is 570 g/mol. The Hall–Kier alpha value is -5.31. The summed E-state index contributed by atoms with van der Waals surface area (Å²) in [5, 5.41) is 0.485. The van der Waals surface area contributed by atoms with E-state index in [-0.39, 0.29) is 11.5 Å². The van der Waals surface area contributed by atoms with Crippen LogP contribution in [0.1, 0.15) is 41.6 Å². The van der Waals surface area contributed by atoms with Crippen LogP contribution in [0.4, 0.5) is 0 Å². The van der Waals surface area contributed by atoms with E-state index in [2.05, 4.69) is 0 Å². The topological polar surface area (TPSA) is 92.1 Å². The van der Waals surface area contributed by atoms with Gasteiger partial charge >= 0.3 is 0 Å². The minimum atomic E-state index is -0.604. The summed E-state index contributed by atoms with van der Waals surface area (Å²) in [4.78, 5) is 35.1. The molecule has 1 atom stereocenters. The average molecular weight is 608 g/mol. The number of carbonyl (C=O) groups is 1. The fraction of sp³-hybridized carbons (Fsp3) is 0.250. The van der Waals surface area contributed by atoms with Crippen LogP contribution in [-0.2, 0) is 6.42 Å². The second-order valence-corrected chi connectivity index (χ2v) is 10.4. The average Bonchev–Trinajstić information content (AvgIpc) is 3.08. The second kappa shape index (κ2) is 14.0. The van der Waals surface area contributed by atoms with Gasteiger partial charge in [-0.05, 0) is 92.6 Å². The van der Waals surface area contributed by atoms with Gasteiger partial charge in [-0.1, -0.05) is 24.3 Å². The minimum Gasteiger partial charge on any atom is -0.497 e. The summed E-state index contributed by atoms with van der Waals surface area (Å²) in [6.07, 6.45) is 0.515. The molecule has 0 aliphatic carbocycles. The number of para-hydroxylation sites is 1. The number of nitrogens with zero attached hydrogens (tertiary/aromatic N) is 3. The molecule has 232 valence electrons. The lowest BCUT2D eigenvalue weighted by Crippen LogP contribution is -2.38. The molecule has 0 saturated heterocycles. The summed E-state index contributed by atoms with van der Waals surface area (Å²) < 4.78 is 23.5. The number of hydrogen-bond donors (Lipinski definition) is 0. The van der Waals surface area contributed by atoms with Gasteiger partial charge in [0.2, 0.25) is 0 Å². The molecular formula is C36H37N3O6. The van der Waals surface area contributed by atoms with Crippen molar-refractivity contribution in [2.24, 2.45) is 0 Å². The van der Waals surface area contributed by atoms with E-state index in [1.807, 2.05) is 74.5 Å². The van der Waals surface area contributed by atoms with Crippen molar-refractivity contribution in [2.45, 2.75) is 26.3 Å². The molecule has 1 amide bonds. The zero-order chi connectivity index (χ0) is 31.9. The largest absolute Gasteiger partial charge is 0.497 e. The van der Waals surface area contributed by atoms with Crippen LogP contribution in [0.15, 0.2) is 95.8 Å². The first kappa shape index (κ1) is 31.1. The number of carbonyl (C=O) groups excluding carboxylic acids is 1. The summed E-state index contributed by atoms with van der Waals surface area (Å²) >= 11 is 0. The van der Waals surface area contributed by atoms with Crippen molar-refractivity contribution in [1.82, 2.24) is 14.5 Å². The number of ether oxygens (including phenoxy) is 4. The highest BCUT2D eigenvalue weighted by Crippen LogP contribution is 2.30. The number of methoxy groups -OCH3 is 3. The molecule has 0 aliphatic heterocycles. The van der Waals surface area contributed by atoms with E-state index < -0.39 is 6.04 Å². The third-order valence-corrected chi connectivity index (χ3v) is 7.72. The SMILES string of the molecule is CCOc1ccc(-n2c(C(C)N(CCc3ccc(OC)c(OC)c3)C(=O)c3cccc(OC)c3)nc3ccccc3c2=O)cc1. The monoisotopic (exact) mass is 607 g/mol. The Morgan fingerprint density at radius 2 is 1.60 bits per heavy atom. The van der Waals surface area contributed by atoms with Gasteiger partial charge in [-0.3, -0.25) is 14.2 Å². The molecule has 9 nitrogen and oxygen atoms in total. The molecule has 5 rings (SSSR count). The van der Waals surface area contributed by atoms with Gasteiger partial charge < -0.3 is 23.8 Å². The Bertz CT molecular complexity index is 1850. The van der Waals surface area contributed by atoms with Crippen LogP contribution >= 0.6 is 0 Å². The number of amides is 1. The van der Waals surface area contributed by atoms with Crippen LogP contribution in [-0.4, -0.2) is 54.8 Å². The number of benzene rings is 4. The maximum atomic E-state index is 14.3. The van der Waals surface area contributed by atoms with Gasteiger partial charge in [-0.2, -0.15) is 0 Å². The van der Waals surface area contributed by atoms with E-state index in [9.17, 15) is 9.59 Å². The Balaban J connectivity index is 1.62. The van der Waals surface area contributed by atoms with Gasteiger partial charge in [-0.25, -0.2) is 4.98 Å². The smallest absolute Gasteiger partial charge is 0.266 e. The lowest BCUT2D eigenvalue weighted by molar-refractivity contribution is 0.0683. The molecule has 5 aromatic rings. The highest BCUT2D eigenvalue weighted by Gasteiger charge is 2.28. The van der Waals surface area contributed by atoms with Gasteiger partial charge in [-0.15, -0.1) is 0 Å². The molecule has 9 heteroatoms. The van der Waals surface area contributed by atoms with Crippen LogP contribution in [0.3, 0.4) is 0 Å². The highest BCUT2D eigenvalue weighted by molar-refractivity contribution is 5.95. The first-order valence-electron chi connectivity index (χ1n) is 14.8. The van der Waals surface area contributed by atoms with Crippen LogP contribution < -0.4 is 24.5 Å². The molecule has 0 radical (unpaired) electrons. The molecule has 45 heavy (non-hydrogen) atoms. The Morgan fingerprint density at radius 3 is 2.31 bits per heavy atom. The van der Waals surface area contributed by atoms with Crippen molar-refractivity contribution < 1.29 is 23.7 Å². The molecule has 0 aliphatic rings. The zero-order valence-corrected chi connectivity index (χ0v) is 26.2. The number of fused-ring (bicyclic) bond motifs is 1. The standard InChI is InChI=1S/C36H37N3O6/c1-6-45-28-17-15-27(16-18-28)39-34(37-31-13-8-7-12-30(31)36(39)41)24(2)38(35(40)26-10-9-11-29(23-26)42-3)21-20-25-14-19-32(43-4)33(22-25)44-5/h7-19,22-24H,6,20-21H2,1-5H3. The number of rotatable bonds is 12. The molecule has 0 spiro atoms. The van der Waals surface area contributed by atoms with Gasteiger partial charge in [0.15, 0.2) is 11.5 Å². The lowest BCUT2D eigenvalue weighted by atomic mass is 10.1. The number of aromatic nitrogens is 2. The van der Waals surface area contributed by atoms with Crippen molar-refractivity contribution in [3.8, 4) is 28.7 Å². The summed E-state index contributed by atoms with van der Waals surface area (Å²) in [5.74, 6) is 2.72. The first-order valence-corrected chi connectivity index (χ1v) is 14.8. The first-order chi connectivity index (χ1) is 21.9. The molecule has 4 aromatic carbocycles. The zero-order valence-electron chi connectivity index (χ0n) is 26.2. The molecule has 0 N–H and O–H groups in total. The van der Waals surface area contributed by atoms with Gasteiger partial charge in [0, 0.05) is 12.1 Å². The van der Waals surface area contributed by atoms with Crippen molar-refractivity contribution in [3.63, 3.8) is 0 Å². The predicted molar refractivity (Wildman–Crippen MR) is 174 cm³/mol. The Morgan fingerprint density at radius 1 is 0.844 bits per heavy atom. The third kappa shape index (κ3) is 6.62. The maximum Gasteiger partial charge on any atom is 0.266 e. The number of hydrogen-bond acceptors (Lipinski definition) is 7. The fourth-order valence-corrected chi connectivity index (χ4v) is 5.36. The third-order valence-electron chi connectivity index (χ3n) is 7.72. The summed E-state index contributed by atoms with van der Waals surface area (Å²) in [6, 6.07) is 26.7. The van der Waals surface area contributed by atoms with E-state index >= 15 is 0 Å². The van der Waals surface area contributed by atoms with Gasteiger partial charge in [0.25, 0.3) is 11.5 Å². The van der Waals surface area contributed by atoms with Crippen molar-refractivity contribution >= 4 is 16.8 Å². The van der Waals surface area contributed by atoms with E-state index in [4.69, 9.17) is 23.9 Å². The summed E-state index contributed by atoms with van der Waals surface area (Å²) in [7, 11) is 4.75. The van der Waals surface area contributed by atoms with Crippen LogP contribution in [0.25, 0.3) is 16.6 Å². The van der Waals surface area contributed by atoms with Crippen LogP contribution in [0.5, 0.6) is 23.0 Å². The molecule has 0 bridgehead atoms. The van der Waals surface area contributed by atoms with Crippen molar-refractivity contribution in [1.29, 1.82) is 0 Å². The summed E-state index contributed by atoms with van der Waals surface area (Å²) in [5.41, 5.74) is 2.38. The second-order valence-electron chi connectivity index (χ2n) is 10.4. The molecule has 1 heterocycles. The molecule has 1 unspecified atom stereocenters. The minimum absolute atomic E-state index is 0.220. The quantitative estimate of drug-likeness (QED) is 0.165. The molecule has 0 fully saturated rings. The molecule has 1 aromatic heterocycles. The van der Waals surface area contributed by atoms with Crippen LogP contribution in [0.2, 0.25) is 0 Å². The van der Waals surface area contributed by atoms with Crippen molar-refractivity contribution in [2.75, 3.05) is 34.5 Å². The van der Waals surface area contributed by atoms with E-state index in [1.165, 1.54) is 0 Å². The Labute approximate surface area is 262 Å². The molecule has 0 saturated carbocycles.